The Bertz CT molecular complexity index is 448. The predicted molar refractivity (Wildman–Crippen MR) is 92.9 cm³/mol. The molecule has 0 aromatic heterocycles. The van der Waals surface area contributed by atoms with Crippen molar-refractivity contribution >= 4 is 5.91 Å². The van der Waals surface area contributed by atoms with Crippen molar-refractivity contribution in [3.05, 3.63) is 0 Å². The summed E-state index contributed by atoms with van der Waals surface area (Å²) in [6.45, 7) is 7.70. The molecule has 136 valence electrons. The maximum atomic E-state index is 12.2. The van der Waals surface area contributed by atoms with E-state index in [4.69, 9.17) is 4.74 Å². The van der Waals surface area contributed by atoms with Gasteiger partial charge in [-0.15, -0.1) is 0 Å². The molecule has 0 atom stereocenters. The smallest absolute Gasteiger partial charge is 0.220 e. The molecule has 0 radical (unpaired) electrons. The van der Waals surface area contributed by atoms with Crippen molar-refractivity contribution in [2.75, 3.05) is 39.4 Å². The molecule has 0 spiro atoms. The zero-order valence-electron chi connectivity index (χ0n) is 15.1. The quantitative estimate of drug-likeness (QED) is 0.741. The van der Waals surface area contributed by atoms with Crippen molar-refractivity contribution in [1.29, 1.82) is 0 Å². The summed E-state index contributed by atoms with van der Waals surface area (Å²) in [5.41, 5.74) is 0.0829. The zero-order chi connectivity index (χ0) is 16.9. The third-order valence-electron chi connectivity index (χ3n) is 5.73. The second-order valence-electron chi connectivity index (χ2n) is 8.00. The van der Waals surface area contributed by atoms with Gasteiger partial charge in [0.15, 0.2) is 5.66 Å². The first kappa shape index (κ1) is 17.8. The fourth-order valence-corrected chi connectivity index (χ4v) is 4.07. The van der Waals surface area contributed by atoms with E-state index in [1.165, 1.54) is 32.1 Å². The van der Waals surface area contributed by atoms with Gasteiger partial charge in [0.05, 0.1) is 13.2 Å². The highest BCUT2D eigenvalue weighted by atomic mass is 16.5. The van der Waals surface area contributed by atoms with E-state index in [1.54, 1.807) is 0 Å². The van der Waals surface area contributed by atoms with Crippen LogP contribution in [0.25, 0.3) is 0 Å². The van der Waals surface area contributed by atoms with Gasteiger partial charge in [-0.05, 0) is 32.6 Å². The molecular weight excluding hydrogens is 304 g/mol. The van der Waals surface area contributed by atoms with Crippen LogP contribution in [0.15, 0.2) is 10.2 Å². The lowest BCUT2D eigenvalue weighted by atomic mass is 9.73. The van der Waals surface area contributed by atoms with Crippen LogP contribution in [0.1, 0.15) is 58.3 Å². The van der Waals surface area contributed by atoms with Gasteiger partial charge in [-0.3, -0.25) is 9.69 Å². The van der Waals surface area contributed by atoms with Gasteiger partial charge in [0.2, 0.25) is 5.91 Å². The molecule has 1 aliphatic carbocycles. The Hall–Kier alpha value is -1.01. The number of rotatable bonds is 8. The maximum Gasteiger partial charge on any atom is 0.220 e. The van der Waals surface area contributed by atoms with Gasteiger partial charge < -0.3 is 10.1 Å². The van der Waals surface area contributed by atoms with Crippen molar-refractivity contribution in [3.8, 4) is 0 Å². The molecular formula is C18H32N4O2. The number of carbonyl (C=O) groups excluding carboxylic acids is 1. The molecule has 2 aliphatic heterocycles. The van der Waals surface area contributed by atoms with E-state index in [0.29, 0.717) is 6.42 Å². The van der Waals surface area contributed by atoms with E-state index < -0.39 is 0 Å². The van der Waals surface area contributed by atoms with Crippen molar-refractivity contribution in [2.24, 2.45) is 15.6 Å². The molecule has 1 N–H and O–H groups in total. The lowest BCUT2D eigenvalue weighted by Crippen LogP contribution is -2.49. The van der Waals surface area contributed by atoms with E-state index in [2.05, 4.69) is 20.4 Å². The van der Waals surface area contributed by atoms with Crippen LogP contribution >= 0.6 is 0 Å². The van der Waals surface area contributed by atoms with Crippen LogP contribution in [0.5, 0.6) is 0 Å². The normalized spacial score (nSPS) is 25.4. The molecule has 3 rings (SSSR count). The summed E-state index contributed by atoms with van der Waals surface area (Å²) in [6.07, 6.45) is 8.74. The summed E-state index contributed by atoms with van der Waals surface area (Å²) in [5.74, 6) is 0.186. The van der Waals surface area contributed by atoms with Crippen LogP contribution < -0.4 is 5.32 Å². The Labute approximate surface area is 145 Å². The monoisotopic (exact) mass is 336 g/mol. The molecule has 0 unspecified atom stereocenters. The number of amides is 1. The number of carbonyl (C=O) groups is 1. The van der Waals surface area contributed by atoms with E-state index in [0.717, 1.165) is 52.2 Å². The third-order valence-corrected chi connectivity index (χ3v) is 5.73. The summed E-state index contributed by atoms with van der Waals surface area (Å²) >= 11 is 0. The van der Waals surface area contributed by atoms with Crippen molar-refractivity contribution < 1.29 is 9.53 Å². The fourth-order valence-electron chi connectivity index (χ4n) is 4.07. The minimum absolute atomic E-state index is 0.179. The summed E-state index contributed by atoms with van der Waals surface area (Å²) in [5, 5.41) is 11.2. The van der Waals surface area contributed by atoms with Crippen LogP contribution in [0.2, 0.25) is 0 Å². The molecule has 0 aromatic carbocycles. The topological polar surface area (TPSA) is 66.3 Å². The molecule has 2 heterocycles. The SMILES string of the molecule is CC1(CCCC(=O)NCC2(CN3CCOCC3)CCCCC2)N=N1. The maximum absolute atomic E-state index is 12.2. The summed E-state index contributed by atoms with van der Waals surface area (Å²) in [7, 11) is 0. The van der Waals surface area contributed by atoms with E-state index in [-0.39, 0.29) is 17.0 Å². The summed E-state index contributed by atoms with van der Waals surface area (Å²) in [6, 6.07) is 0. The predicted octanol–water partition coefficient (Wildman–Crippen LogP) is 2.74. The third kappa shape index (κ3) is 5.24. The van der Waals surface area contributed by atoms with Gasteiger partial charge in [0.1, 0.15) is 0 Å². The van der Waals surface area contributed by atoms with Gasteiger partial charge in [-0.25, -0.2) is 0 Å². The molecule has 6 nitrogen and oxygen atoms in total. The first-order chi connectivity index (χ1) is 11.6. The molecule has 0 bridgehead atoms. The number of nitrogens with zero attached hydrogens (tertiary/aromatic N) is 3. The van der Waals surface area contributed by atoms with Gasteiger partial charge in [0.25, 0.3) is 0 Å². The number of morpholine rings is 1. The second-order valence-corrected chi connectivity index (χ2v) is 8.00. The van der Waals surface area contributed by atoms with Gasteiger partial charge in [-0.1, -0.05) is 19.3 Å². The highest BCUT2D eigenvalue weighted by Crippen LogP contribution is 2.37. The largest absolute Gasteiger partial charge is 0.379 e. The van der Waals surface area contributed by atoms with Crippen LogP contribution in [-0.2, 0) is 9.53 Å². The number of nitrogens with one attached hydrogen (secondary N) is 1. The van der Waals surface area contributed by atoms with Crippen LogP contribution in [0.4, 0.5) is 0 Å². The van der Waals surface area contributed by atoms with Crippen molar-refractivity contribution in [3.63, 3.8) is 0 Å². The highest BCUT2D eigenvalue weighted by molar-refractivity contribution is 5.75. The Morgan fingerprint density at radius 1 is 1.17 bits per heavy atom. The average Bonchev–Trinajstić information content (AvgIpc) is 3.32. The first-order valence-electron chi connectivity index (χ1n) is 9.60. The highest BCUT2D eigenvalue weighted by Gasteiger charge is 2.35. The lowest BCUT2D eigenvalue weighted by molar-refractivity contribution is -0.122. The zero-order valence-corrected chi connectivity index (χ0v) is 15.1. The van der Waals surface area contributed by atoms with Crippen LogP contribution in [0, 0.1) is 5.41 Å². The van der Waals surface area contributed by atoms with Crippen LogP contribution in [-0.4, -0.2) is 55.9 Å². The molecule has 1 saturated carbocycles. The Morgan fingerprint density at radius 2 is 1.88 bits per heavy atom. The molecule has 1 saturated heterocycles. The minimum atomic E-state index is -0.179. The van der Waals surface area contributed by atoms with Gasteiger partial charge in [-0.2, -0.15) is 10.2 Å². The van der Waals surface area contributed by atoms with E-state index >= 15 is 0 Å². The summed E-state index contributed by atoms with van der Waals surface area (Å²) < 4.78 is 5.47. The molecule has 1 amide bonds. The molecule has 0 aromatic rings. The number of hydrogen-bond donors (Lipinski definition) is 1. The number of hydrogen-bond acceptors (Lipinski definition) is 5. The Balaban J connectivity index is 1.43. The molecule has 3 aliphatic rings. The van der Waals surface area contributed by atoms with Gasteiger partial charge >= 0.3 is 0 Å². The average molecular weight is 336 g/mol. The Kier molecular flexibility index (Phi) is 5.87. The number of ether oxygens (including phenoxy) is 1. The fraction of sp³-hybridized carbons (Fsp3) is 0.944. The standard InChI is InChI=1S/C18H32N4O2/c1-17(20-21-17)7-5-6-16(23)19-14-18(8-3-2-4-9-18)15-22-10-12-24-13-11-22/h2-15H2,1H3,(H,19,23). The second kappa shape index (κ2) is 7.91. The van der Waals surface area contributed by atoms with Crippen molar-refractivity contribution in [1.82, 2.24) is 10.2 Å². The van der Waals surface area contributed by atoms with Crippen molar-refractivity contribution in [2.45, 2.75) is 64.0 Å². The minimum Gasteiger partial charge on any atom is -0.379 e. The van der Waals surface area contributed by atoms with E-state index in [1.807, 2.05) is 6.92 Å². The molecule has 6 heteroatoms. The molecule has 24 heavy (non-hydrogen) atoms. The van der Waals surface area contributed by atoms with E-state index in [9.17, 15) is 4.79 Å². The van der Waals surface area contributed by atoms with Gasteiger partial charge in [0, 0.05) is 38.0 Å². The van der Waals surface area contributed by atoms with Crippen LogP contribution in [0.3, 0.4) is 0 Å². The summed E-state index contributed by atoms with van der Waals surface area (Å²) in [4.78, 5) is 14.7. The lowest BCUT2D eigenvalue weighted by Gasteiger charge is -2.42. The Morgan fingerprint density at radius 3 is 2.54 bits per heavy atom. The first-order valence-corrected chi connectivity index (χ1v) is 9.60. The molecule has 2 fully saturated rings.